The molecule has 0 aliphatic carbocycles. The Morgan fingerprint density at radius 3 is 2.62 bits per heavy atom. The number of anilines is 2. The summed E-state index contributed by atoms with van der Waals surface area (Å²) in [7, 11) is 0. The molecule has 0 saturated heterocycles. The summed E-state index contributed by atoms with van der Waals surface area (Å²) in [6.45, 7) is 5.58. The summed E-state index contributed by atoms with van der Waals surface area (Å²) >= 11 is 5.86. The highest BCUT2D eigenvalue weighted by Gasteiger charge is 2.02. The molecule has 0 aliphatic heterocycles. The Hall–Kier alpha value is -1.03. The number of hydrogen-bond acceptors (Lipinski definition) is 4. The highest BCUT2D eigenvalue weighted by atomic mass is 35.5. The summed E-state index contributed by atoms with van der Waals surface area (Å²) < 4.78 is 0. The van der Waals surface area contributed by atoms with Crippen LogP contribution in [0.25, 0.3) is 0 Å². The van der Waals surface area contributed by atoms with Crippen LogP contribution in [0.1, 0.15) is 13.8 Å². The molecule has 1 heterocycles. The van der Waals surface area contributed by atoms with Gasteiger partial charge in [-0.2, -0.15) is 4.98 Å². The van der Waals surface area contributed by atoms with Crippen molar-refractivity contribution >= 4 is 23.4 Å². The summed E-state index contributed by atoms with van der Waals surface area (Å²) in [5.41, 5.74) is 0. The van der Waals surface area contributed by atoms with Crippen molar-refractivity contribution in [2.24, 2.45) is 0 Å². The van der Waals surface area contributed by atoms with Gasteiger partial charge in [-0.15, -0.1) is 0 Å². The summed E-state index contributed by atoms with van der Waals surface area (Å²) in [6.07, 6.45) is 1.59. The summed E-state index contributed by atoms with van der Waals surface area (Å²) in [6, 6.07) is 0. The molecule has 13 heavy (non-hydrogen) atoms. The lowest BCUT2D eigenvalue weighted by atomic mass is 10.5. The molecule has 0 saturated carbocycles. The number of rotatable bonds is 4. The van der Waals surface area contributed by atoms with Gasteiger partial charge in [0, 0.05) is 13.1 Å². The second kappa shape index (κ2) is 4.87. The van der Waals surface area contributed by atoms with Gasteiger partial charge in [0.1, 0.15) is 10.8 Å². The standard InChI is InChI=1S/C8H13ClN4/c1-3-10-7-6(9)5-12-8(13-7)11-4-2/h5H,3-4H2,1-2H3,(H2,10,11,12,13). The Morgan fingerprint density at radius 1 is 1.31 bits per heavy atom. The lowest BCUT2D eigenvalue weighted by molar-refractivity contribution is 1.07. The van der Waals surface area contributed by atoms with Crippen molar-refractivity contribution in [3.63, 3.8) is 0 Å². The molecule has 1 aromatic heterocycles. The van der Waals surface area contributed by atoms with Crippen LogP contribution in [0.15, 0.2) is 6.20 Å². The molecule has 0 fully saturated rings. The SMILES string of the molecule is CCNc1ncc(Cl)c(NCC)n1. The van der Waals surface area contributed by atoms with Crippen LogP contribution >= 0.6 is 11.6 Å². The zero-order valence-corrected chi connectivity index (χ0v) is 8.52. The molecular formula is C8H13ClN4. The number of hydrogen-bond donors (Lipinski definition) is 2. The first kappa shape index (κ1) is 10.1. The van der Waals surface area contributed by atoms with Crippen LogP contribution in [0, 0.1) is 0 Å². The second-order valence-corrected chi connectivity index (χ2v) is 2.86. The van der Waals surface area contributed by atoms with Gasteiger partial charge < -0.3 is 10.6 Å². The molecule has 0 amide bonds. The van der Waals surface area contributed by atoms with Crippen molar-refractivity contribution in [3.05, 3.63) is 11.2 Å². The average Bonchev–Trinajstić information content (AvgIpc) is 2.12. The fourth-order valence-corrected chi connectivity index (χ4v) is 1.06. The molecule has 0 unspecified atom stereocenters. The number of nitrogens with one attached hydrogen (secondary N) is 2. The highest BCUT2D eigenvalue weighted by molar-refractivity contribution is 6.32. The summed E-state index contributed by atoms with van der Waals surface area (Å²) in [5.74, 6) is 1.28. The van der Waals surface area contributed by atoms with Crippen molar-refractivity contribution in [2.75, 3.05) is 23.7 Å². The van der Waals surface area contributed by atoms with Gasteiger partial charge in [-0.25, -0.2) is 4.98 Å². The Balaban J connectivity index is 2.83. The lowest BCUT2D eigenvalue weighted by Crippen LogP contribution is -2.06. The minimum Gasteiger partial charge on any atom is -0.369 e. The maximum atomic E-state index is 5.86. The molecule has 0 aromatic carbocycles. The average molecular weight is 201 g/mol. The predicted octanol–water partition coefficient (Wildman–Crippen LogP) is 1.99. The lowest BCUT2D eigenvalue weighted by Gasteiger charge is -2.06. The van der Waals surface area contributed by atoms with Crippen molar-refractivity contribution in [3.8, 4) is 0 Å². The monoisotopic (exact) mass is 200 g/mol. The van der Waals surface area contributed by atoms with Crippen LogP contribution in [-0.4, -0.2) is 23.1 Å². The summed E-state index contributed by atoms with van der Waals surface area (Å²) in [5, 5.41) is 6.61. The normalized spacial score (nSPS) is 9.77. The van der Waals surface area contributed by atoms with E-state index in [1.54, 1.807) is 6.20 Å². The van der Waals surface area contributed by atoms with E-state index in [4.69, 9.17) is 11.6 Å². The molecule has 1 aromatic rings. The van der Waals surface area contributed by atoms with E-state index in [-0.39, 0.29) is 0 Å². The summed E-state index contributed by atoms with van der Waals surface area (Å²) in [4.78, 5) is 8.20. The molecule has 4 nitrogen and oxygen atoms in total. The first-order valence-electron chi connectivity index (χ1n) is 4.28. The number of nitrogens with zero attached hydrogens (tertiary/aromatic N) is 2. The largest absolute Gasteiger partial charge is 0.369 e. The predicted molar refractivity (Wildman–Crippen MR) is 55.4 cm³/mol. The topological polar surface area (TPSA) is 49.8 Å². The zero-order valence-electron chi connectivity index (χ0n) is 7.76. The van der Waals surface area contributed by atoms with E-state index in [9.17, 15) is 0 Å². The highest BCUT2D eigenvalue weighted by Crippen LogP contribution is 2.18. The van der Waals surface area contributed by atoms with Crippen LogP contribution in [-0.2, 0) is 0 Å². The molecule has 1 rings (SSSR count). The molecule has 5 heteroatoms. The molecule has 2 N–H and O–H groups in total. The van der Waals surface area contributed by atoms with E-state index in [0.29, 0.717) is 16.8 Å². The van der Waals surface area contributed by atoms with Crippen molar-refractivity contribution < 1.29 is 0 Å². The van der Waals surface area contributed by atoms with E-state index in [1.807, 2.05) is 13.8 Å². The van der Waals surface area contributed by atoms with E-state index >= 15 is 0 Å². The van der Waals surface area contributed by atoms with Gasteiger partial charge in [-0.1, -0.05) is 11.6 Å². The quantitative estimate of drug-likeness (QED) is 0.781. The van der Waals surface area contributed by atoms with Crippen LogP contribution in [0.5, 0.6) is 0 Å². The molecule has 72 valence electrons. The van der Waals surface area contributed by atoms with E-state index in [0.717, 1.165) is 13.1 Å². The van der Waals surface area contributed by atoms with E-state index in [2.05, 4.69) is 20.6 Å². The minimum atomic E-state index is 0.545. The molecule has 0 atom stereocenters. The van der Waals surface area contributed by atoms with E-state index in [1.165, 1.54) is 0 Å². The Bertz CT molecular complexity index is 277. The van der Waals surface area contributed by atoms with Crippen LogP contribution in [0.2, 0.25) is 5.02 Å². The smallest absolute Gasteiger partial charge is 0.224 e. The second-order valence-electron chi connectivity index (χ2n) is 2.45. The Kier molecular flexibility index (Phi) is 3.76. The van der Waals surface area contributed by atoms with Gasteiger partial charge in [0.25, 0.3) is 0 Å². The fourth-order valence-electron chi connectivity index (χ4n) is 0.902. The van der Waals surface area contributed by atoms with Crippen molar-refractivity contribution in [1.82, 2.24) is 9.97 Å². The molecule has 0 bridgehead atoms. The number of aromatic nitrogens is 2. The third-order valence-electron chi connectivity index (χ3n) is 1.42. The van der Waals surface area contributed by atoms with Gasteiger partial charge in [-0.3, -0.25) is 0 Å². The van der Waals surface area contributed by atoms with E-state index < -0.39 is 0 Å². The molecule has 0 radical (unpaired) electrons. The van der Waals surface area contributed by atoms with Gasteiger partial charge in [0.05, 0.1) is 6.20 Å². The number of halogens is 1. The van der Waals surface area contributed by atoms with Gasteiger partial charge in [-0.05, 0) is 13.8 Å². The fraction of sp³-hybridized carbons (Fsp3) is 0.500. The first-order valence-corrected chi connectivity index (χ1v) is 4.66. The molecular weight excluding hydrogens is 188 g/mol. The Labute approximate surface area is 82.7 Å². The first-order chi connectivity index (χ1) is 6.27. The molecule has 0 spiro atoms. The van der Waals surface area contributed by atoms with Crippen LogP contribution in [0.3, 0.4) is 0 Å². The van der Waals surface area contributed by atoms with Gasteiger partial charge in [0.15, 0.2) is 0 Å². The zero-order chi connectivity index (χ0) is 9.68. The van der Waals surface area contributed by atoms with Crippen molar-refractivity contribution in [2.45, 2.75) is 13.8 Å². The third-order valence-corrected chi connectivity index (χ3v) is 1.70. The Morgan fingerprint density at radius 2 is 2.00 bits per heavy atom. The maximum Gasteiger partial charge on any atom is 0.224 e. The van der Waals surface area contributed by atoms with Crippen molar-refractivity contribution in [1.29, 1.82) is 0 Å². The van der Waals surface area contributed by atoms with Crippen LogP contribution < -0.4 is 10.6 Å². The maximum absolute atomic E-state index is 5.86. The molecule has 0 aliphatic rings. The van der Waals surface area contributed by atoms with Gasteiger partial charge >= 0.3 is 0 Å². The van der Waals surface area contributed by atoms with Crippen LogP contribution in [0.4, 0.5) is 11.8 Å². The minimum absolute atomic E-state index is 0.545. The third kappa shape index (κ3) is 2.73. The van der Waals surface area contributed by atoms with Gasteiger partial charge in [0.2, 0.25) is 5.95 Å².